The minimum absolute atomic E-state index is 0.00415. The summed E-state index contributed by atoms with van der Waals surface area (Å²) in [5.74, 6) is 0.631. The zero-order valence-corrected chi connectivity index (χ0v) is 22.1. The normalized spacial score (nSPS) is 18.9. The molecule has 1 aromatic heterocycles. The summed E-state index contributed by atoms with van der Waals surface area (Å²) >= 11 is 0. The number of piperidine rings is 1. The average molecular weight is 499 g/mol. The van der Waals surface area contributed by atoms with Gasteiger partial charge in [-0.3, -0.25) is 9.59 Å². The van der Waals surface area contributed by atoms with Crippen LogP contribution in [0.4, 0.5) is 0 Å². The second-order valence-corrected chi connectivity index (χ2v) is 11.6. The minimum atomic E-state index is -0.00415. The Morgan fingerprint density at radius 1 is 0.946 bits per heavy atom. The fraction of sp³-hybridized carbons (Fsp3) is 0.484. The molecule has 2 N–H and O–H groups in total. The molecule has 0 unspecified atom stereocenters. The third-order valence-corrected chi connectivity index (χ3v) is 8.34. The number of hydrogen-bond acceptors (Lipinski definition) is 4. The minimum Gasteiger partial charge on any atom is -0.349 e. The lowest BCUT2D eigenvalue weighted by Crippen LogP contribution is -2.40. The summed E-state index contributed by atoms with van der Waals surface area (Å²) in [6, 6.07) is 13.0. The van der Waals surface area contributed by atoms with Gasteiger partial charge >= 0.3 is 0 Å². The number of hydrogen-bond donors (Lipinski definition) is 2. The van der Waals surface area contributed by atoms with E-state index in [4.69, 9.17) is 0 Å². The Kier molecular flexibility index (Phi) is 6.63. The molecule has 37 heavy (non-hydrogen) atoms. The fourth-order valence-corrected chi connectivity index (χ4v) is 5.53. The Hall–Kier alpha value is -2.96. The molecule has 2 saturated carbocycles. The SMILES string of the molecule is Cc1ccc(C(=O)NC2CC2)cc1-c1ccc2c(=O)n(CC3CC3)cc(CNC3CCN(C)CC3)c2c1. The summed E-state index contributed by atoms with van der Waals surface area (Å²) in [5, 5.41) is 8.69. The molecule has 3 fully saturated rings. The van der Waals surface area contributed by atoms with Crippen molar-refractivity contribution < 1.29 is 4.79 Å². The number of nitrogens with one attached hydrogen (secondary N) is 2. The van der Waals surface area contributed by atoms with Gasteiger partial charge in [0, 0.05) is 42.3 Å². The Morgan fingerprint density at radius 2 is 1.73 bits per heavy atom. The van der Waals surface area contributed by atoms with Gasteiger partial charge in [0.15, 0.2) is 0 Å². The van der Waals surface area contributed by atoms with Crippen LogP contribution in [0.15, 0.2) is 47.4 Å². The molecule has 3 aliphatic rings. The van der Waals surface area contributed by atoms with E-state index in [0.29, 0.717) is 23.6 Å². The van der Waals surface area contributed by atoms with Crippen molar-refractivity contribution in [1.29, 1.82) is 0 Å². The average Bonchev–Trinajstić information content (AvgIpc) is 3.83. The Balaban J connectivity index is 1.35. The molecule has 0 bridgehead atoms. The molecule has 0 spiro atoms. The zero-order chi connectivity index (χ0) is 25.5. The number of aryl methyl sites for hydroxylation is 1. The molecule has 3 aromatic rings. The first-order valence-corrected chi connectivity index (χ1v) is 13.9. The van der Waals surface area contributed by atoms with Crippen LogP contribution in [0.5, 0.6) is 0 Å². The van der Waals surface area contributed by atoms with Crippen LogP contribution in [0, 0.1) is 12.8 Å². The van der Waals surface area contributed by atoms with Gasteiger partial charge in [0.1, 0.15) is 0 Å². The highest BCUT2D eigenvalue weighted by Gasteiger charge is 2.25. The van der Waals surface area contributed by atoms with Crippen LogP contribution < -0.4 is 16.2 Å². The number of aromatic nitrogens is 1. The number of fused-ring (bicyclic) bond motifs is 1. The molecule has 1 amide bonds. The van der Waals surface area contributed by atoms with Crippen molar-refractivity contribution in [2.24, 2.45) is 5.92 Å². The zero-order valence-electron chi connectivity index (χ0n) is 22.1. The highest BCUT2D eigenvalue weighted by atomic mass is 16.1. The molecule has 2 aliphatic carbocycles. The van der Waals surface area contributed by atoms with E-state index in [-0.39, 0.29) is 11.5 Å². The topological polar surface area (TPSA) is 66.4 Å². The van der Waals surface area contributed by atoms with Crippen molar-refractivity contribution in [3.8, 4) is 11.1 Å². The van der Waals surface area contributed by atoms with Crippen molar-refractivity contribution >= 4 is 16.7 Å². The first kappa shape index (κ1) is 24.4. The maximum atomic E-state index is 13.4. The van der Waals surface area contributed by atoms with Gasteiger partial charge in [-0.05, 0) is 123 Å². The summed E-state index contributed by atoms with van der Waals surface area (Å²) in [6.07, 6.45) is 8.98. The highest BCUT2D eigenvalue weighted by Crippen LogP contribution is 2.32. The Bertz CT molecular complexity index is 1380. The Labute approximate surface area is 219 Å². The molecular formula is C31H38N4O2. The molecule has 0 radical (unpaired) electrons. The van der Waals surface area contributed by atoms with E-state index in [1.54, 1.807) is 0 Å². The van der Waals surface area contributed by atoms with Crippen LogP contribution in [-0.4, -0.2) is 47.6 Å². The number of carbonyl (C=O) groups is 1. The number of pyridine rings is 1. The molecule has 1 aliphatic heterocycles. The predicted molar refractivity (Wildman–Crippen MR) is 149 cm³/mol. The van der Waals surface area contributed by atoms with E-state index in [2.05, 4.69) is 41.8 Å². The lowest BCUT2D eigenvalue weighted by molar-refractivity contribution is 0.0951. The third kappa shape index (κ3) is 5.51. The monoisotopic (exact) mass is 498 g/mol. The van der Waals surface area contributed by atoms with Crippen molar-refractivity contribution in [1.82, 2.24) is 20.1 Å². The summed E-state index contributed by atoms with van der Waals surface area (Å²) in [4.78, 5) is 28.5. The van der Waals surface area contributed by atoms with Gasteiger partial charge in [-0.15, -0.1) is 0 Å². The molecule has 0 atom stereocenters. The molecule has 6 rings (SSSR count). The van der Waals surface area contributed by atoms with Gasteiger partial charge in [-0.2, -0.15) is 0 Å². The maximum absolute atomic E-state index is 13.4. The molecule has 194 valence electrons. The smallest absolute Gasteiger partial charge is 0.258 e. The first-order valence-electron chi connectivity index (χ1n) is 13.9. The second kappa shape index (κ2) is 10.1. The number of benzene rings is 2. The molecule has 6 nitrogen and oxygen atoms in total. The van der Waals surface area contributed by atoms with Gasteiger partial charge in [0.05, 0.1) is 0 Å². The summed E-state index contributed by atoms with van der Waals surface area (Å²) < 4.78 is 1.94. The van der Waals surface area contributed by atoms with E-state index in [0.717, 1.165) is 79.3 Å². The lowest BCUT2D eigenvalue weighted by Gasteiger charge is -2.29. The van der Waals surface area contributed by atoms with Crippen molar-refractivity contribution in [2.75, 3.05) is 20.1 Å². The number of likely N-dealkylation sites (tertiary alicyclic amines) is 1. The van der Waals surface area contributed by atoms with Crippen molar-refractivity contribution in [2.45, 2.75) is 70.6 Å². The van der Waals surface area contributed by atoms with E-state index in [9.17, 15) is 9.59 Å². The van der Waals surface area contributed by atoms with E-state index >= 15 is 0 Å². The number of rotatable bonds is 8. The van der Waals surface area contributed by atoms with Crippen LogP contribution in [-0.2, 0) is 13.1 Å². The van der Waals surface area contributed by atoms with Gasteiger partial charge in [-0.25, -0.2) is 0 Å². The van der Waals surface area contributed by atoms with E-state index < -0.39 is 0 Å². The van der Waals surface area contributed by atoms with Gasteiger partial charge in [-0.1, -0.05) is 12.1 Å². The molecule has 1 saturated heterocycles. The van der Waals surface area contributed by atoms with Crippen LogP contribution >= 0.6 is 0 Å². The van der Waals surface area contributed by atoms with Crippen LogP contribution in [0.1, 0.15) is 60.0 Å². The van der Waals surface area contributed by atoms with Crippen LogP contribution in [0.3, 0.4) is 0 Å². The molecular weight excluding hydrogens is 460 g/mol. The van der Waals surface area contributed by atoms with Crippen LogP contribution in [0.2, 0.25) is 0 Å². The van der Waals surface area contributed by atoms with Gasteiger partial charge in [0.2, 0.25) is 0 Å². The third-order valence-electron chi connectivity index (χ3n) is 8.34. The largest absolute Gasteiger partial charge is 0.349 e. The summed E-state index contributed by atoms with van der Waals surface area (Å²) in [7, 11) is 2.19. The number of amides is 1. The number of nitrogens with zero attached hydrogens (tertiary/aromatic N) is 2. The Morgan fingerprint density at radius 3 is 2.46 bits per heavy atom. The molecule has 6 heteroatoms. The van der Waals surface area contributed by atoms with Gasteiger partial charge < -0.3 is 20.1 Å². The quantitative estimate of drug-likeness (QED) is 0.481. The summed E-state index contributed by atoms with van der Waals surface area (Å²) in [5.41, 5.74) is 5.18. The van der Waals surface area contributed by atoms with Crippen molar-refractivity contribution in [3.05, 3.63) is 69.6 Å². The highest BCUT2D eigenvalue weighted by molar-refractivity contribution is 5.97. The second-order valence-electron chi connectivity index (χ2n) is 11.6. The number of carbonyl (C=O) groups excluding carboxylic acids is 1. The standard InChI is InChI=1S/C31H38N4O2/c1-20-3-6-23(30(36)33-26-8-9-26)16-28(20)22-7-10-27-29(15-22)24(17-32-25-11-13-34(2)14-12-25)19-35(31(27)37)18-21-4-5-21/h3,6-7,10,15-16,19,21,25-26,32H,4-5,8-9,11-14,17-18H2,1-2H3,(H,33,36). The maximum Gasteiger partial charge on any atom is 0.258 e. The van der Waals surface area contributed by atoms with Crippen molar-refractivity contribution in [3.63, 3.8) is 0 Å². The lowest BCUT2D eigenvalue weighted by atomic mass is 9.94. The predicted octanol–water partition coefficient (Wildman–Crippen LogP) is 4.46. The van der Waals surface area contributed by atoms with E-state index in [1.807, 2.05) is 34.9 Å². The van der Waals surface area contributed by atoms with Gasteiger partial charge in [0.25, 0.3) is 11.5 Å². The van der Waals surface area contributed by atoms with E-state index in [1.165, 1.54) is 18.4 Å². The summed E-state index contributed by atoms with van der Waals surface area (Å²) in [6.45, 7) is 5.89. The molecule has 2 aromatic carbocycles. The molecule has 2 heterocycles. The first-order chi connectivity index (χ1) is 17.9. The fourth-order valence-electron chi connectivity index (χ4n) is 5.53. The van der Waals surface area contributed by atoms with Crippen LogP contribution in [0.25, 0.3) is 21.9 Å².